The molecule has 0 saturated heterocycles. The summed E-state index contributed by atoms with van der Waals surface area (Å²) in [6.45, 7) is 9.14. The van der Waals surface area contributed by atoms with Crippen molar-refractivity contribution in [2.45, 2.75) is 71.6 Å². The van der Waals surface area contributed by atoms with Crippen LogP contribution in [0.15, 0.2) is 73.3 Å². The summed E-state index contributed by atoms with van der Waals surface area (Å²) in [6, 6.07) is 16.1. The van der Waals surface area contributed by atoms with Crippen molar-refractivity contribution in [3.8, 4) is 23.0 Å². The lowest BCUT2D eigenvalue weighted by Gasteiger charge is -2.12. The normalized spacial score (nSPS) is 11.5. The van der Waals surface area contributed by atoms with Crippen LogP contribution in [-0.2, 0) is 0 Å². The number of halogens is 2. The van der Waals surface area contributed by atoms with Gasteiger partial charge in [-0.05, 0) is 85.8 Å². The average Bonchev–Trinajstić information content (AvgIpc) is 3.03. The van der Waals surface area contributed by atoms with Crippen molar-refractivity contribution in [3.63, 3.8) is 0 Å². The van der Waals surface area contributed by atoms with Crippen molar-refractivity contribution in [1.82, 2.24) is 0 Å². The predicted molar refractivity (Wildman–Crippen MR) is 177 cm³/mol. The van der Waals surface area contributed by atoms with Crippen LogP contribution in [0.3, 0.4) is 0 Å². The van der Waals surface area contributed by atoms with E-state index in [0.29, 0.717) is 41.9 Å². The summed E-state index contributed by atoms with van der Waals surface area (Å²) in [5.74, 6) is 1.01. The largest absolute Gasteiger partial charge is 0.493 e. The molecule has 0 bridgehead atoms. The maximum atomic E-state index is 12.8. The lowest BCUT2D eigenvalue weighted by atomic mass is 10.1. The molecule has 8 heteroatoms. The SMILES string of the molecule is C=CCCCCCCCCCOc1ccc(C(=O)Oc2ccc(C(=O)Oc3ccc(OCC(C)CC)cc3)cc2)c(Cl)c1Cl. The third-order valence-electron chi connectivity index (χ3n) is 7.14. The van der Waals surface area contributed by atoms with E-state index in [0.717, 1.165) is 25.7 Å². The molecule has 3 aromatic rings. The number of carbonyl (C=O) groups is 2. The Morgan fingerprint density at radius 2 is 1.30 bits per heavy atom. The van der Waals surface area contributed by atoms with E-state index in [1.165, 1.54) is 62.4 Å². The Balaban J connectivity index is 1.45. The molecule has 0 saturated carbocycles. The van der Waals surface area contributed by atoms with Gasteiger partial charge in [-0.25, -0.2) is 9.59 Å². The topological polar surface area (TPSA) is 71.1 Å². The van der Waals surface area contributed by atoms with Crippen LogP contribution < -0.4 is 18.9 Å². The van der Waals surface area contributed by atoms with Gasteiger partial charge >= 0.3 is 11.9 Å². The van der Waals surface area contributed by atoms with Crippen LogP contribution in [0.4, 0.5) is 0 Å². The van der Waals surface area contributed by atoms with Crippen molar-refractivity contribution in [2.24, 2.45) is 5.92 Å². The van der Waals surface area contributed by atoms with Crippen LogP contribution in [0.2, 0.25) is 10.0 Å². The first-order valence-electron chi connectivity index (χ1n) is 15.3. The van der Waals surface area contributed by atoms with E-state index in [2.05, 4.69) is 20.4 Å². The van der Waals surface area contributed by atoms with Crippen LogP contribution in [0, 0.1) is 5.92 Å². The Labute approximate surface area is 271 Å². The average molecular weight is 642 g/mol. The van der Waals surface area contributed by atoms with Gasteiger partial charge in [0, 0.05) is 0 Å². The summed E-state index contributed by atoms with van der Waals surface area (Å²) in [5, 5.41) is 0.224. The third kappa shape index (κ3) is 11.5. The van der Waals surface area contributed by atoms with Gasteiger partial charge in [-0.3, -0.25) is 0 Å². The number of unbranched alkanes of at least 4 members (excludes halogenated alkanes) is 7. The first kappa shape index (κ1) is 35.0. The lowest BCUT2D eigenvalue weighted by Crippen LogP contribution is -2.11. The van der Waals surface area contributed by atoms with E-state index in [-0.39, 0.29) is 21.4 Å². The maximum absolute atomic E-state index is 12.8. The van der Waals surface area contributed by atoms with Gasteiger partial charge in [0.1, 0.15) is 28.0 Å². The Hall–Kier alpha value is -3.48. The highest BCUT2D eigenvalue weighted by molar-refractivity contribution is 6.44. The molecular formula is C36H42Cl2O6. The first-order valence-corrected chi connectivity index (χ1v) is 16.1. The molecule has 0 aliphatic rings. The van der Waals surface area contributed by atoms with Crippen molar-refractivity contribution < 1.29 is 28.5 Å². The van der Waals surface area contributed by atoms with E-state index in [1.54, 1.807) is 30.3 Å². The molecule has 6 nitrogen and oxygen atoms in total. The number of hydrogen-bond donors (Lipinski definition) is 0. The fraction of sp³-hybridized carbons (Fsp3) is 0.389. The highest BCUT2D eigenvalue weighted by Crippen LogP contribution is 2.35. The first-order chi connectivity index (χ1) is 21.3. The van der Waals surface area contributed by atoms with E-state index in [4.69, 9.17) is 42.1 Å². The van der Waals surface area contributed by atoms with Crippen LogP contribution in [-0.4, -0.2) is 25.2 Å². The molecule has 236 valence electrons. The standard InChI is InChI=1S/C36H42Cl2O6/c1-4-6-7-8-9-10-11-12-13-24-41-32-23-22-31(33(37)34(32)38)36(40)44-29-16-14-27(15-17-29)35(39)43-30-20-18-28(19-21-30)42-25-26(3)5-2/h4,14-23,26H,1,5-13,24-25H2,2-3H3. The van der Waals surface area contributed by atoms with Crippen molar-refractivity contribution in [2.75, 3.05) is 13.2 Å². The Morgan fingerprint density at radius 1 is 0.727 bits per heavy atom. The second kappa shape index (κ2) is 19.0. The van der Waals surface area contributed by atoms with E-state index in [1.807, 2.05) is 6.08 Å². The molecule has 0 amide bonds. The Morgan fingerprint density at radius 3 is 1.93 bits per heavy atom. The van der Waals surface area contributed by atoms with Gasteiger partial charge in [0.15, 0.2) is 0 Å². The zero-order valence-electron chi connectivity index (χ0n) is 25.6. The molecule has 0 heterocycles. The minimum absolute atomic E-state index is 0.0604. The van der Waals surface area contributed by atoms with Gasteiger partial charge in [-0.1, -0.05) is 81.7 Å². The molecule has 1 unspecified atom stereocenters. The Bertz CT molecular complexity index is 1340. The molecule has 0 aromatic heterocycles. The number of benzene rings is 3. The van der Waals surface area contributed by atoms with Crippen LogP contribution >= 0.6 is 23.2 Å². The summed E-state index contributed by atoms with van der Waals surface area (Å²) in [7, 11) is 0. The molecule has 0 radical (unpaired) electrons. The summed E-state index contributed by atoms with van der Waals surface area (Å²) < 4.78 is 22.5. The molecule has 3 rings (SSSR count). The highest BCUT2D eigenvalue weighted by atomic mass is 35.5. The number of ether oxygens (including phenoxy) is 4. The minimum atomic E-state index is -0.678. The lowest BCUT2D eigenvalue weighted by molar-refractivity contribution is 0.0730. The molecule has 44 heavy (non-hydrogen) atoms. The van der Waals surface area contributed by atoms with Crippen LogP contribution in [0.5, 0.6) is 23.0 Å². The van der Waals surface area contributed by atoms with Gasteiger partial charge in [0.05, 0.1) is 29.4 Å². The zero-order chi connectivity index (χ0) is 31.7. The molecule has 0 fully saturated rings. The van der Waals surface area contributed by atoms with E-state index in [9.17, 15) is 9.59 Å². The van der Waals surface area contributed by atoms with Crippen LogP contribution in [0.25, 0.3) is 0 Å². The molecule has 0 aliphatic carbocycles. The molecule has 0 N–H and O–H groups in total. The second-order valence-corrected chi connectivity index (χ2v) is 11.5. The van der Waals surface area contributed by atoms with Crippen LogP contribution in [0.1, 0.15) is 92.4 Å². The fourth-order valence-electron chi connectivity index (χ4n) is 4.20. The summed E-state index contributed by atoms with van der Waals surface area (Å²) in [4.78, 5) is 25.4. The van der Waals surface area contributed by atoms with Gasteiger partial charge in [-0.15, -0.1) is 6.58 Å². The quantitative estimate of drug-likeness (QED) is 0.0561. The van der Waals surface area contributed by atoms with Gasteiger partial charge in [0.2, 0.25) is 0 Å². The molecular weight excluding hydrogens is 599 g/mol. The molecule has 0 aliphatic heterocycles. The number of carbonyl (C=O) groups excluding carboxylic acids is 2. The molecule has 1 atom stereocenters. The highest BCUT2D eigenvalue weighted by Gasteiger charge is 2.19. The smallest absolute Gasteiger partial charge is 0.345 e. The van der Waals surface area contributed by atoms with Crippen molar-refractivity contribution in [3.05, 3.63) is 94.5 Å². The van der Waals surface area contributed by atoms with Crippen molar-refractivity contribution in [1.29, 1.82) is 0 Å². The summed E-state index contributed by atoms with van der Waals surface area (Å²) >= 11 is 12.8. The minimum Gasteiger partial charge on any atom is -0.493 e. The van der Waals surface area contributed by atoms with Gasteiger partial charge in [0.25, 0.3) is 0 Å². The van der Waals surface area contributed by atoms with Gasteiger partial charge < -0.3 is 18.9 Å². The van der Waals surface area contributed by atoms with Gasteiger partial charge in [-0.2, -0.15) is 0 Å². The van der Waals surface area contributed by atoms with E-state index >= 15 is 0 Å². The molecule has 0 spiro atoms. The predicted octanol–water partition coefficient (Wildman–Crippen LogP) is 10.5. The van der Waals surface area contributed by atoms with Crippen molar-refractivity contribution >= 4 is 35.1 Å². The third-order valence-corrected chi connectivity index (χ3v) is 8.01. The Kier molecular flexibility index (Phi) is 15.1. The zero-order valence-corrected chi connectivity index (χ0v) is 27.1. The number of esters is 2. The van der Waals surface area contributed by atoms with E-state index < -0.39 is 11.9 Å². The maximum Gasteiger partial charge on any atom is 0.345 e. The monoisotopic (exact) mass is 640 g/mol. The second-order valence-electron chi connectivity index (χ2n) is 10.7. The summed E-state index contributed by atoms with van der Waals surface area (Å²) in [5.41, 5.74) is 0.411. The summed E-state index contributed by atoms with van der Waals surface area (Å²) in [6.07, 6.45) is 12.2. The number of rotatable bonds is 19. The number of hydrogen-bond acceptors (Lipinski definition) is 6. The molecule has 3 aromatic carbocycles. The number of allylic oxidation sites excluding steroid dienone is 1. The fourth-order valence-corrected chi connectivity index (χ4v) is 4.66.